The molecule has 1 heterocycles. The molecule has 28 heavy (non-hydrogen) atoms. The molecule has 158 valence electrons. The fourth-order valence-electron chi connectivity index (χ4n) is 3.39. The summed E-state index contributed by atoms with van der Waals surface area (Å²) in [4.78, 5) is 25.0. The van der Waals surface area contributed by atoms with Crippen LogP contribution in [-0.4, -0.2) is 35.0 Å². The number of hydrogen-bond donors (Lipinski definition) is 1. The number of carbonyl (C=O) groups is 2. The first-order chi connectivity index (χ1) is 13.6. The lowest BCUT2D eigenvalue weighted by Gasteiger charge is -2.30. The average Bonchev–Trinajstić information content (AvgIpc) is 2.70. The van der Waals surface area contributed by atoms with Gasteiger partial charge in [-0.05, 0) is 57.8 Å². The Morgan fingerprint density at radius 3 is 2.14 bits per heavy atom. The minimum absolute atomic E-state index is 0.112. The van der Waals surface area contributed by atoms with Crippen molar-refractivity contribution in [3.63, 3.8) is 0 Å². The first kappa shape index (κ1) is 24.2. The van der Waals surface area contributed by atoms with Gasteiger partial charge in [0.05, 0.1) is 5.92 Å². The Hall–Kier alpha value is -1.84. The third kappa shape index (κ3) is 11.8. The third-order valence-electron chi connectivity index (χ3n) is 5.15. The summed E-state index contributed by atoms with van der Waals surface area (Å²) in [7, 11) is 0. The number of carboxylic acids is 1. The summed E-state index contributed by atoms with van der Waals surface area (Å²) in [6.45, 7) is 3.32. The lowest BCUT2D eigenvalue weighted by Crippen LogP contribution is -2.42. The fraction of sp³-hybridized carbons (Fsp3) is 0.667. The zero-order chi connectivity index (χ0) is 20.5. The van der Waals surface area contributed by atoms with Gasteiger partial charge >= 0.3 is 5.97 Å². The van der Waals surface area contributed by atoms with Crippen LogP contribution in [0.3, 0.4) is 0 Å². The van der Waals surface area contributed by atoms with E-state index < -0.39 is 5.97 Å². The quantitative estimate of drug-likeness (QED) is 0.297. The van der Waals surface area contributed by atoms with E-state index in [9.17, 15) is 9.59 Å². The lowest BCUT2D eigenvalue weighted by atomic mass is 9.98. The summed E-state index contributed by atoms with van der Waals surface area (Å²) in [6, 6.07) is 0. The van der Waals surface area contributed by atoms with Crippen molar-refractivity contribution in [3.8, 4) is 0 Å². The highest BCUT2D eigenvalue weighted by molar-refractivity contribution is 5.78. The van der Waals surface area contributed by atoms with E-state index in [0.29, 0.717) is 25.9 Å². The molecular weight excluding hydrogens is 350 g/mol. The van der Waals surface area contributed by atoms with Gasteiger partial charge in [0, 0.05) is 19.5 Å². The van der Waals surface area contributed by atoms with Gasteiger partial charge in [-0.3, -0.25) is 9.59 Å². The zero-order valence-electron chi connectivity index (χ0n) is 17.7. The Labute approximate surface area is 171 Å². The van der Waals surface area contributed by atoms with Crippen LogP contribution in [0.2, 0.25) is 0 Å². The average molecular weight is 390 g/mol. The molecule has 4 heteroatoms. The molecule has 1 saturated heterocycles. The summed E-state index contributed by atoms with van der Waals surface area (Å²) in [6.07, 6.45) is 25.3. The Morgan fingerprint density at radius 1 is 0.929 bits per heavy atom. The summed E-state index contributed by atoms with van der Waals surface area (Å²) in [5.74, 6) is -1.05. The van der Waals surface area contributed by atoms with Crippen molar-refractivity contribution in [2.45, 2.75) is 84.0 Å². The number of aliphatic carboxylic acids is 1. The molecule has 0 aromatic carbocycles. The van der Waals surface area contributed by atoms with Crippen LogP contribution in [0.4, 0.5) is 0 Å². The molecule has 1 aliphatic heterocycles. The van der Waals surface area contributed by atoms with Crippen molar-refractivity contribution in [1.82, 2.24) is 4.90 Å². The van der Waals surface area contributed by atoms with Gasteiger partial charge in [0.25, 0.3) is 0 Å². The van der Waals surface area contributed by atoms with E-state index in [1.165, 1.54) is 25.7 Å². The van der Waals surface area contributed by atoms with Crippen molar-refractivity contribution in [2.75, 3.05) is 13.1 Å². The second-order valence-corrected chi connectivity index (χ2v) is 7.64. The van der Waals surface area contributed by atoms with E-state index in [1.807, 2.05) is 0 Å². The summed E-state index contributed by atoms with van der Waals surface area (Å²) < 4.78 is 0. The Kier molecular flexibility index (Phi) is 14.0. The van der Waals surface area contributed by atoms with Gasteiger partial charge in [-0.15, -0.1) is 0 Å². The van der Waals surface area contributed by atoms with Crippen LogP contribution in [-0.2, 0) is 9.59 Å². The van der Waals surface area contributed by atoms with Crippen LogP contribution in [0.15, 0.2) is 36.5 Å². The summed E-state index contributed by atoms with van der Waals surface area (Å²) in [5, 5.41) is 9.10. The van der Waals surface area contributed by atoms with Crippen LogP contribution >= 0.6 is 0 Å². The highest BCUT2D eigenvalue weighted by Crippen LogP contribution is 2.18. The molecule has 1 aliphatic rings. The number of unbranched alkanes of at least 4 members (excludes halogenated alkanes) is 5. The largest absolute Gasteiger partial charge is 0.481 e. The maximum absolute atomic E-state index is 12.2. The smallest absolute Gasteiger partial charge is 0.308 e. The van der Waals surface area contributed by atoms with Crippen LogP contribution < -0.4 is 0 Å². The van der Waals surface area contributed by atoms with Crippen molar-refractivity contribution < 1.29 is 14.7 Å². The van der Waals surface area contributed by atoms with Gasteiger partial charge in [0.2, 0.25) is 5.91 Å². The molecule has 1 unspecified atom stereocenters. The Morgan fingerprint density at radius 2 is 1.54 bits per heavy atom. The molecule has 0 bridgehead atoms. The van der Waals surface area contributed by atoms with E-state index in [4.69, 9.17) is 5.11 Å². The van der Waals surface area contributed by atoms with Gasteiger partial charge in [0.1, 0.15) is 0 Å². The molecule has 4 nitrogen and oxygen atoms in total. The predicted molar refractivity (Wildman–Crippen MR) is 116 cm³/mol. The number of hydrogen-bond acceptors (Lipinski definition) is 2. The van der Waals surface area contributed by atoms with Crippen molar-refractivity contribution in [1.29, 1.82) is 0 Å². The first-order valence-electron chi connectivity index (χ1n) is 11.1. The minimum atomic E-state index is -0.778. The molecule has 0 saturated carbocycles. The molecule has 0 aromatic heterocycles. The standard InChI is InChI=1S/C24H39NO3/c1-2-3-4-5-6-7-8-9-10-11-12-13-14-15-16-19-23(26)25-20-17-18-22(21-25)24(27)28/h6-7,9-10,12-13,22H,2-5,8,11,14-21H2,1H3,(H,27,28). The van der Waals surface area contributed by atoms with Gasteiger partial charge in [-0.25, -0.2) is 0 Å². The van der Waals surface area contributed by atoms with Crippen LogP contribution in [0.1, 0.15) is 84.0 Å². The van der Waals surface area contributed by atoms with Gasteiger partial charge in [-0.1, -0.05) is 56.2 Å². The van der Waals surface area contributed by atoms with Gasteiger partial charge in [0.15, 0.2) is 0 Å². The van der Waals surface area contributed by atoms with Crippen molar-refractivity contribution in [3.05, 3.63) is 36.5 Å². The molecule has 0 spiro atoms. The summed E-state index contributed by atoms with van der Waals surface area (Å²) in [5.41, 5.74) is 0. The number of carboxylic acid groups (broad SMARTS) is 1. The molecule has 1 N–H and O–H groups in total. The van der Waals surface area contributed by atoms with Crippen LogP contribution in [0.5, 0.6) is 0 Å². The Bertz CT molecular complexity index is 522. The Balaban J connectivity index is 2.01. The molecule has 1 rings (SSSR count). The highest BCUT2D eigenvalue weighted by atomic mass is 16.4. The number of carbonyl (C=O) groups excluding carboxylic acids is 1. The lowest BCUT2D eigenvalue weighted by molar-refractivity contribution is -0.145. The molecule has 0 radical (unpaired) electrons. The molecule has 1 atom stereocenters. The van der Waals surface area contributed by atoms with E-state index in [-0.39, 0.29) is 11.8 Å². The monoisotopic (exact) mass is 389 g/mol. The van der Waals surface area contributed by atoms with Crippen molar-refractivity contribution >= 4 is 11.9 Å². The third-order valence-corrected chi connectivity index (χ3v) is 5.15. The topological polar surface area (TPSA) is 57.6 Å². The molecule has 1 amide bonds. The second kappa shape index (κ2) is 16.1. The number of rotatable bonds is 14. The zero-order valence-corrected chi connectivity index (χ0v) is 17.7. The number of piperidine rings is 1. The maximum atomic E-state index is 12.2. The van der Waals surface area contributed by atoms with Gasteiger partial charge < -0.3 is 10.0 Å². The SMILES string of the molecule is CCCCCC=CCC=CCC=CCCCCC(=O)N1CCCC(C(=O)O)C1. The van der Waals surface area contributed by atoms with Crippen molar-refractivity contribution in [2.24, 2.45) is 5.92 Å². The normalized spacial score (nSPS) is 17.9. The molecular formula is C24H39NO3. The van der Waals surface area contributed by atoms with E-state index in [1.54, 1.807) is 4.90 Å². The molecule has 1 fully saturated rings. The second-order valence-electron chi connectivity index (χ2n) is 7.64. The number of amides is 1. The van der Waals surface area contributed by atoms with E-state index in [2.05, 4.69) is 43.4 Å². The number of likely N-dealkylation sites (tertiary alicyclic amines) is 1. The predicted octanol–water partition coefficient (Wildman–Crippen LogP) is 5.90. The van der Waals surface area contributed by atoms with Crippen LogP contribution in [0, 0.1) is 5.92 Å². The fourth-order valence-corrected chi connectivity index (χ4v) is 3.39. The molecule has 0 aromatic rings. The highest BCUT2D eigenvalue weighted by Gasteiger charge is 2.27. The molecule has 0 aliphatic carbocycles. The number of allylic oxidation sites excluding steroid dienone is 6. The summed E-state index contributed by atoms with van der Waals surface area (Å²) >= 11 is 0. The van der Waals surface area contributed by atoms with Gasteiger partial charge in [-0.2, -0.15) is 0 Å². The first-order valence-corrected chi connectivity index (χ1v) is 11.1. The number of nitrogens with zero attached hydrogens (tertiary/aromatic N) is 1. The van der Waals surface area contributed by atoms with E-state index in [0.717, 1.165) is 38.5 Å². The minimum Gasteiger partial charge on any atom is -0.481 e. The maximum Gasteiger partial charge on any atom is 0.308 e. The van der Waals surface area contributed by atoms with E-state index >= 15 is 0 Å². The van der Waals surface area contributed by atoms with Crippen LogP contribution in [0.25, 0.3) is 0 Å².